The standard InChI is InChI=1S/C17H18N2O2/c1-12-7-8-17(13(9-12)10-20)21-11-15-14-5-3-4-6-16(14)19(2)18-15/h3-9,20H,10-11H2,1-2H3. The summed E-state index contributed by atoms with van der Waals surface area (Å²) in [6.45, 7) is 2.35. The van der Waals surface area contributed by atoms with Crippen LogP contribution >= 0.6 is 0 Å². The van der Waals surface area contributed by atoms with E-state index in [2.05, 4.69) is 5.10 Å². The highest BCUT2D eigenvalue weighted by Gasteiger charge is 2.10. The Morgan fingerprint density at radius 1 is 1.19 bits per heavy atom. The van der Waals surface area contributed by atoms with E-state index in [4.69, 9.17) is 4.74 Å². The smallest absolute Gasteiger partial charge is 0.133 e. The molecule has 1 heterocycles. The summed E-state index contributed by atoms with van der Waals surface area (Å²) >= 11 is 0. The number of aryl methyl sites for hydroxylation is 2. The lowest BCUT2D eigenvalue weighted by Crippen LogP contribution is -2.01. The maximum atomic E-state index is 9.42. The van der Waals surface area contributed by atoms with Gasteiger partial charge in [0.05, 0.1) is 12.1 Å². The second kappa shape index (κ2) is 5.58. The average Bonchev–Trinajstić information content (AvgIpc) is 2.83. The Morgan fingerprint density at radius 3 is 2.81 bits per heavy atom. The zero-order valence-corrected chi connectivity index (χ0v) is 12.2. The van der Waals surface area contributed by atoms with Crippen LogP contribution in [0.15, 0.2) is 42.5 Å². The van der Waals surface area contributed by atoms with Crippen LogP contribution in [-0.2, 0) is 20.3 Å². The first kappa shape index (κ1) is 13.6. The Kier molecular flexibility index (Phi) is 3.62. The van der Waals surface area contributed by atoms with Crippen molar-refractivity contribution in [2.75, 3.05) is 0 Å². The summed E-state index contributed by atoms with van der Waals surface area (Å²) in [7, 11) is 1.93. The predicted octanol–water partition coefficient (Wildman–Crippen LogP) is 2.95. The molecule has 3 aromatic rings. The number of hydrogen-bond donors (Lipinski definition) is 1. The number of fused-ring (bicyclic) bond motifs is 1. The largest absolute Gasteiger partial charge is 0.487 e. The maximum Gasteiger partial charge on any atom is 0.133 e. The molecule has 0 aliphatic heterocycles. The highest BCUT2D eigenvalue weighted by molar-refractivity contribution is 5.81. The van der Waals surface area contributed by atoms with Crippen LogP contribution < -0.4 is 4.74 Å². The zero-order valence-electron chi connectivity index (χ0n) is 12.2. The van der Waals surface area contributed by atoms with Crippen molar-refractivity contribution in [3.63, 3.8) is 0 Å². The summed E-state index contributed by atoms with van der Waals surface area (Å²) in [5.41, 5.74) is 3.89. The molecule has 0 fully saturated rings. The van der Waals surface area contributed by atoms with Gasteiger partial charge >= 0.3 is 0 Å². The van der Waals surface area contributed by atoms with Gasteiger partial charge in [-0.3, -0.25) is 4.68 Å². The number of rotatable bonds is 4. The molecule has 21 heavy (non-hydrogen) atoms. The van der Waals surface area contributed by atoms with Crippen molar-refractivity contribution in [1.29, 1.82) is 0 Å². The van der Waals surface area contributed by atoms with Crippen molar-refractivity contribution in [1.82, 2.24) is 9.78 Å². The zero-order chi connectivity index (χ0) is 14.8. The monoisotopic (exact) mass is 282 g/mol. The van der Waals surface area contributed by atoms with Gasteiger partial charge in [0.2, 0.25) is 0 Å². The van der Waals surface area contributed by atoms with Gasteiger partial charge in [-0.2, -0.15) is 5.10 Å². The van der Waals surface area contributed by atoms with E-state index < -0.39 is 0 Å². The summed E-state index contributed by atoms with van der Waals surface area (Å²) in [6.07, 6.45) is 0. The molecule has 0 saturated heterocycles. The molecule has 2 aromatic carbocycles. The minimum absolute atomic E-state index is 0.0278. The van der Waals surface area contributed by atoms with Crippen LogP contribution in [0.2, 0.25) is 0 Å². The number of aromatic nitrogens is 2. The third-order valence-electron chi connectivity index (χ3n) is 3.59. The fraction of sp³-hybridized carbons (Fsp3) is 0.235. The lowest BCUT2D eigenvalue weighted by Gasteiger charge is -2.10. The Labute approximate surface area is 123 Å². The fourth-order valence-corrected chi connectivity index (χ4v) is 2.51. The quantitative estimate of drug-likeness (QED) is 0.800. The summed E-state index contributed by atoms with van der Waals surface area (Å²) in [5, 5.41) is 15.0. The Hall–Kier alpha value is -2.33. The van der Waals surface area contributed by atoms with E-state index in [-0.39, 0.29) is 6.61 Å². The second-order valence-electron chi connectivity index (χ2n) is 5.15. The van der Waals surface area contributed by atoms with Gasteiger partial charge in [-0.1, -0.05) is 35.9 Å². The molecule has 3 rings (SSSR count). The number of ether oxygens (including phenoxy) is 1. The molecule has 1 N–H and O–H groups in total. The third kappa shape index (κ3) is 2.62. The Bertz CT molecular complexity index is 778. The molecule has 1 aromatic heterocycles. The van der Waals surface area contributed by atoms with E-state index in [9.17, 15) is 5.11 Å². The molecule has 0 saturated carbocycles. The first-order chi connectivity index (χ1) is 10.2. The van der Waals surface area contributed by atoms with Gasteiger partial charge in [-0.05, 0) is 19.1 Å². The molecule has 0 aliphatic rings. The number of hydrogen-bond acceptors (Lipinski definition) is 3. The SMILES string of the molecule is Cc1ccc(OCc2nn(C)c3ccccc23)c(CO)c1. The second-order valence-corrected chi connectivity index (χ2v) is 5.15. The van der Waals surface area contributed by atoms with E-state index >= 15 is 0 Å². The molecule has 0 bridgehead atoms. The fourth-order valence-electron chi connectivity index (χ4n) is 2.51. The van der Waals surface area contributed by atoms with Crippen molar-refractivity contribution < 1.29 is 9.84 Å². The Morgan fingerprint density at radius 2 is 2.00 bits per heavy atom. The van der Waals surface area contributed by atoms with Crippen molar-refractivity contribution in [3.8, 4) is 5.75 Å². The summed E-state index contributed by atoms with van der Waals surface area (Å²) in [5.74, 6) is 0.706. The molecule has 0 atom stereocenters. The van der Waals surface area contributed by atoms with E-state index in [1.807, 2.05) is 61.1 Å². The van der Waals surface area contributed by atoms with E-state index in [1.165, 1.54) is 0 Å². The molecule has 4 heteroatoms. The Balaban J connectivity index is 1.87. The molecule has 0 amide bonds. The molecule has 0 unspecified atom stereocenters. The van der Waals surface area contributed by atoms with Crippen LogP contribution in [0.4, 0.5) is 0 Å². The highest BCUT2D eigenvalue weighted by Crippen LogP contribution is 2.23. The molecule has 4 nitrogen and oxygen atoms in total. The van der Waals surface area contributed by atoms with Crippen LogP contribution in [-0.4, -0.2) is 14.9 Å². The van der Waals surface area contributed by atoms with Crippen LogP contribution in [0.1, 0.15) is 16.8 Å². The minimum atomic E-state index is -0.0278. The van der Waals surface area contributed by atoms with Gasteiger partial charge in [0.15, 0.2) is 0 Å². The van der Waals surface area contributed by atoms with Gasteiger partial charge in [0.1, 0.15) is 18.1 Å². The molecule has 108 valence electrons. The topological polar surface area (TPSA) is 47.3 Å². The normalized spacial score (nSPS) is 11.0. The molecular formula is C17H18N2O2. The van der Waals surface area contributed by atoms with Crippen molar-refractivity contribution in [2.45, 2.75) is 20.1 Å². The number of nitrogens with zero attached hydrogens (tertiary/aromatic N) is 2. The van der Waals surface area contributed by atoms with Gasteiger partial charge in [0.25, 0.3) is 0 Å². The number of aliphatic hydroxyl groups excluding tert-OH is 1. The summed E-state index contributed by atoms with van der Waals surface area (Å²) < 4.78 is 7.71. The first-order valence-corrected chi connectivity index (χ1v) is 6.93. The highest BCUT2D eigenvalue weighted by atomic mass is 16.5. The van der Waals surface area contributed by atoms with Crippen molar-refractivity contribution in [3.05, 3.63) is 59.3 Å². The number of aliphatic hydroxyl groups is 1. The van der Waals surface area contributed by atoms with E-state index in [0.29, 0.717) is 12.4 Å². The van der Waals surface area contributed by atoms with Gasteiger partial charge in [0, 0.05) is 18.0 Å². The van der Waals surface area contributed by atoms with E-state index in [0.717, 1.165) is 27.7 Å². The molecule has 0 spiro atoms. The van der Waals surface area contributed by atoms with E-state index in [1.54, 1.807) is 0 Å². The minimum Gasteiger partial charge on any atom is -0.487 e. The van der Waals surface area contributed by atoms with Gasteiger partial charge in [-0.15, -0.1) is 0 Å². The van der Waals surface area contributed by atoms with Crippen LogP contribution in [0, 0.1) is 6.92 Å². The van der Waals surface area contributed by atoms with Crippen LogP contribution in [0.25, 0.3) is 10.9 Å². The van der Waals surface area contributed by atoms with Crippen LogP contribution in [0.5, 0.6) is 5.75 Å². The number of benzene rings is 2. The molecule has 0 radical (unpaired) electrons. The third-order valence-corrected chi connectivity index (χ3v) is 3.59. The van der Waals surface area contributed by atoms with Crippen molar-refractivity contribution in [2.24, 2.45) is 7.05 Å². The molecule has 0 aliphatic carbocycles. The lowest BCUT2D eigenvalue weighted by molar-refractivity contribution is 0.257. The molecular weight excluding hydrogens is 264 g/mol. The van der Waals surface area contributed by atoms with Crippen LogP contribution in [0.3, 0.4) is 0 Å². The first-order valence-electron chi connectivity index (χ1n) is 6.93. The summed E-state index contributed by atoms with van der Waals surface area (Å²) in [6, 6.07) is 13.9. The maximum absolute atomic E-state index is 9.42. The lowest BCUT2D eigenvalue weighted by atomic mass is 10.1. The number of para-hydroxylation sites is 1. The van der Waals surface area contributed by atoms with Gasteiger partial charge < -0.3 is 9.84 Å². The van der Waals surface area contributed by atoms with Gasteiger partial charge in [-0.25, -0.2) is 0 Å². The summed E-state index contributed by atoms with van der Waals surface area (Å²) in [4.78, 5) is 0. The van der Waals surface area contributed by atoms with Crippen molar-refractivity contribution >= 4 is 10.9 Å². The average molecular weight is 282 g/mol. The predicted molar refractivity (Wildman–Crippen MR) is 82.1 cm³/mol.